The average molecular weight is 599 g/mol. The fourth-order valence-electron chi connectivity index (χ4n) is 4.18. The molecule has 1 unspecified atom stereocenters. The number of carbonyl (C=O) groups excluding carboxylic acids is 1. The van der Waals surface area contributed by atoms with Gasteiger partial charge in [-0.1, -0.05) is 11.6 Å². The highest BCUT2D eigenvalue weighted by Gasteiger charge is 2.29. The van der Waals surface area contributed by atoms with Crippen LogP contribution in [0.1, 0.15) is 55.2 Å². The van der Waals surface area contributed by atoms with Crippen LogP contribution in [0.2, 0.25) is 5.02 Å². The molecule has 0 saturated heterocycles. The molecule has 42 heavy (non-hydrogen) atoms. The third-order valence-corrected chi connectivity index (χ3v) is 7.04. The Balaban J connectivity index is 1.50. The Morgan fingerprint density at radius 2 is 1.90 bits per heavy atom. The van der Waals surface area contributed by atoms with E-state index in [9.17, 15) is 19.1 Å². The van der Waals surface area contributed by atoms with E-state index < -0.39 is 22.6 Å². The highest BCUT2D eigenvalue weighted by molar-refractivity contribution is 6.31. The van der Waals surface area contributed by atoms with E-state index in [2.05, 4.69) is 20.5 Å². The molecule has 4 aromatic rings. The minimum atomic E-state index is -1.50. The molecule has 0 aliphatic heterocycles. The zero-order valence-electron chi connectivity index (χ0n) is 23.6. The van der Waals surface area contributed by atoms with Crippen molar-refractivity contribution in [1.29, 1.82) is 0 Å². The number of aromatic nitrogens is 5. The van der Waals surface area contributed by atoms with E-state index in [1.165, 1.54) is 19.2 Å². The van der Waals surface area contributed by atoms with Gasteiger partial charge in [-0.05, 0) is 91.7 Å². The second-order valence-electron chi connectivity index (χ2n) is 10.6. The molecule has 0 radical (unpaired) electrons. The predicted molar refractivity (Wildman–Crippen MR) is 154 cm³/mol. The largest absolute Gasteiger partial charge is 0.493 e. The quantitative estimate of drug-likeness (QED) is 0.205. The number of nitrogens with zero attached hydrogens (tertiary/aromatic N) is 4. The monoisotopic (exact) mass is 598 g/mol. The second-order valence-corrected chi connectivity index (χ2v) is 11.0. The molecule has 0 fully saturated rings. The van der Waals surface area contributed by atoms with Crippen LogP contribution in [0.5, 0.6) is 11.5 Å². The van der Waals surface area contributed by atoms with Crippen molar-refractivity contribution in [2.45, 2.75) is 51.3 Å². The highest BCUT2D eigenvalue weighted by atomic mass is 35.5. The summed E-state index contributed by atoms with van der Waals surface area (Å²) in [6, 6.07) is 12.5. The SMILES string of the molecule is COc1cc(C(=O)CCC(C)(O)c2cc(C(C)(C)N)cc(-c3ccc(F)c(Cl)c3)n2)ccc1OCCn1nn[nH]c1=O. The lowest BCUT2D eigenvalue weighted by molar-refractivity contribution is 0.0396. The summed E-state index contributed by atoms with van der Waals surface area (Å²) < 4.78 is 26.0. The molecule has 1 atom stereocenters. The lowest BCUT2D eigenvalue weighted by atomic mass is 9.88. The van der Waals surface area contributed by atoms with E-state index in [1.807, 2.05) is 13.8 Å². The van der Waals surface area contributed by atoms with Gasteiger partial charge in [0.1, 0.15) is 18.0 Å². The normalized spacial score (nSPS) is 13.0. The van der Waals surface area contributed by atoms with E-state index in [4.69, 9.17) is 26.8 Å². The Hall–Kier alpha value is -4.13. The van der Waals surface area contributed by atoms with Crippen LogP contribution < -0.4 is 20.9 Å². The van der Waals surface area contributed by atoms with Crippen LogP contribution in [0.4, 0.5) is 4.39 Å². The van der Waals surface area contributed by atoms with Crippen LogP contribution in [0.15, 0.2) is 53.3 Å². The summed E-state index contributed by atoms with van der Waals surface area (Å²) in [4.78, 5) is 29.3. The molecular formula is C29H32ClFN6O5. The molecule has 2 aromatic carbocycles. The maximum atomic E-state index is 13.8. The van der Waals surface area contributed by atoms with Crippen molar-refractivity contribution in [3.63, 3.8) is 0 Å². The topological polar surface area (TPSA) is 158 Å². The molecule has 0 aliphatic carbocycles. The van der Waals surface area contributed by atoms with Crippen LogP contribution in [0, 0.1) is 5.82 Å². The van der Waals surface area contributed by atoms with E-state index >= 15 is 0 Å². The number of aromatic amines is 1. The van der Waals surface area contributed by atoms with Crippen LogP contribution >= 0.6 is 11.6 Å². The summed E-state index contributed by atoms with van der Waals surface area (Å²) in [6.45, 7) is 5.51. The van der Waals surface area contributed by atoms with Crippen LogP contribution in [0.3, 0.4) is 0 Å². The molecule has 222 valence electrons. The number of ketones is 1. The summed E-state index contributed by atoms with van der Waals surface area (Å²) in [5.74, 6) is -0.0603. The Kier molecular flexibility index (Phi) is 9.09. The number of carbonyl (C=O) groups is 1. The molecule has 0 bridgehead atoms. The standard InChI is InChI=1S/C29H32ClFN6O5/c1-28(2,32)19-15-22(17-5-7-21(31)20(30)13-17)33-26(16-19)29(3,40)10-9-23(38)18-6-8-24(25(14-18)41-4)42-12-11-37-27(39)34-35-36-37/h5-8,13-16,40H,9-12,32H2,1-4H3,(H,34,36,39). The summed E-state index contributed by atoms with van der Waals surface area (Å²) >= 11 is 6.00. The van der Waals surface area contributed by atoms with E-state index in [1.54, 1.807) is 43.3 Å². The first kappa shape index (κ1) is 30.8. The summed E-state index contributed by atoms with van der Waals surface area (Å²) in [5.41, 5.74) is 6.06. The smallest absolute Gasteiger partial charge is 0.361 e. The van der Waals surface area contributed by atoms with Gasteiger partial charge in [0.25, 0.3) is 0 Å². The minimum absolute atomic E-state index is 0.00106. The van der Waals surface area contributed by atoms with Crippen LogP contribution in [-0.2, 0) is 17.7 Å². The number of nitrogens with one attached hydrogen (secondary N) is 1. The Bertz CT molecular complexity index is 1650. The van der Waals surface area contributed by atoms with Crippen molar-refractivity contribution in [3.8, 4) is 22.8 Å². The average Bonchev–Trinajstić information content (AvgIpc) is 3.36. The summed E-state index contributed by atoms with van der Waals surface area (Å²) in [5, 5.41) is 20.6. The molecule has 4 rings (SSSR count). The molecular weight excluding hydrogens is 567 g/mol. The molecule has 0 amide bonds. The number of methoxy groups -OCH3 is 1. The number of Topliss-reactive ketones (excluding diaryl/α,β-unsaturated/α-hetero) is 1. The number of H-pyrrole nitrogens is 1. The molecule has 0 aliphatic rings. The molecule has 4 N–H and O–H groups in total. The fraction of sp³-hybridized carbons (Fsp3) is 0.345. The molecule has 0 saturated carbocycles. The van der Waals surface area contributed by atoms with E-state index in [0.717, 1.165) is 4.68 Å². The van der Waals surface area contributed by atoms with Crippen molar-refractivity contribution in [2.75, 3.05) is 13.7 Å². The predicted octanol–water partition coefficient (Wildman–Crippen LogP) is 3.97. The number of rotatable bonds is 12. The van der Waals surface area contributed by atoms with Gasteiger partial charge in [0.2, 0.25) is 0 Å². The van der Waals surface area contributed by atoms with Crippen molar-refractivity contribution in [2.24, 2.45) is 5.73 Å². The third-order valence-electron chi connectivity index (χ3n) is 6.75. The lowest BCUT2D eigenvalue weighted by Crippen LogP contribution is -2.31. The summed E-state index contributed by atoms with van der Waals surface area (Å²) in [6.07, 6.45) is 0.0605. The zero-order chi connectivity index (χ0) is 30.7. The lowest BCUT2D eigenvalue weighted by Gasteiger charge is -2.27. The van der Waals surface area contributed by atoms with Gasteiger partial charge in [0.05, 0.1) is 30.1 Å². The van der Waals surface area contributed by atoms with Gasteiger partial charge in [0.15, 0.2) is 17.3 Å². The number of aliphatic hydroxyl groups is 1. The molecule has 0 spiro atoms. The number of hydrogen-bond donors (Lipinski definition) is 3. The van der Waals surface area contributed by atoms with Crippen molar-refractivity contribution < 1.29 is 23.8 Å². The van der Waals surface area contributed by atoms with Gasteiger partial charge in [-0.15, -0.1) is 0 Å². The van der Waals surface area contributed by atoms with E-state index in [0.29, 0.717) is 39.6 Å². The van der Waals surface area contributed by atoms with Crippen LogP contribution in [0.25, 0.3) is 11.3 Å². The van der Waals surface area contributed by atoms with Crippen LogP contribution in [-0.4, -0.2) is 49.8 Å². The maximum Gasteiger partial charge on any atom is 0.361 e. The molecule has 2 aromatic heterocycles. The van der Waals surface area contributed by atoms with Gasteiger partial charge < -0.3 is 20.3 Å². The molecule has 13 heteroatoms. The fourth-order valence-corrected chi connectivity index (χ4v) is 4.36. The van der Waals surface area contributed by atoms with Gasteiger partial charge in [-0.2, -0.15) is 4.68 Å². The number of ether oxygens (including phenoxy) is 2. The maximum absolute atomic E-state index is 13.8. The van der Waals surface area contributed by atoms with Crippen molar-refractivity contribution in [1.82, 2.24) is 25.2 Å². The van der Waals surface area contributed by atoms with Gasteiger partial charge in [0, 0.05) is 23.1 Å². The zero-order valence-corrected chi connectivity index (χ0v) is 24.4. The molecule has 2 heterocycles. The Morgan fingerprint density at radius 1 is 1.14 bits per heavy atom. The number of tetrazole rings is 1. The third kappa shape index (κ3) is 7.19. The highest BCUT2D eigenvalue weighted by Crippen LogP contribution is 2.34. The number of nitrogens with two attached hydrogens (primary N) is 1. The molecule has 11 nitrogen and oxygen atoms in total. The minimum Gasteiger partial charge on any atom is -0.493 e. The first-order chi connectivity index (χ1) is 19.8. The van der Waals surface area contributed by atoms with Gasteiger partial charge >= 0.3 is 5.69 Å². The van der Waals surface area contributed by atoms with Crippen molar-refractivity contribution >= 4 is 17.4 Å². The number of benzene rings is 2. The summed E-state index contributed by atoms with van der Waals surface area (Å²) in [7, 11) is 1.45. The van der Waals surface area contributed by atoms with Crippen molar-refractivity contribution in [3.05, 3.63) is 86.7 Å². The van der Waals surface area contributed by atoms with E-state index in [-0.39, 0.29) is 36.8 Å². The Labute approximate surface area is 246 Å². The second kappa shape index (κ2) is 12.4. The number of hydrogen-bond acceptors (Lipinski definition) is 9. The number of pyridine rings is 1. The van der Waals surface area contributed by atoms with Gasteiger partial charge in [-0.3, -0.25) is 4.79 Å². The number of halogens is 2. The first-order valence-corrected chi connectivity index (χ1v) is 13.5. The Morgan fingerprint density at radius 3 is 2.55 bits per heavy atom. The first-order valence-electron chi connectivity index (χ1n) is 13.1. The van der Waals surface area contributed by atoms with Gasteiger partial charge in [-0.25, -0.2) is 19.3 Å².